The van der Waals surface area contributed by atoms with Crippen LogP contribution in [-0.4, -0.2) is 6.54 Å². The summed E-state index contributed by atoms with van der Waals surface area (Å²) in [5, 5.41) is 4.48. The molecule has 1 aliphatic rings. The van der Waals surface area contributed by atoms with Crippen LogP contribution in [0.5, 0.6) is 0 Å². The maximum atomic E-state index is 6.31. The highest BCUT2D eigenvalue weighted by atomic mass is 79.9. The van der Waals surface area contributed by atoms with E-state index in [4.69, 9.17) is 11.6 Å². The minimum absolute atomic E-state index is 0.445. The molecule has 1 unspecified atom stereocenters. The molecule has 0 amide bonds. The fraction of sp³-hybridized carbons (Fsp3) is 0.538. The predicted octanol–water partition coefficient (Wildman–Crippen LogP) is 4.55. The fourth-order valence-electron chi connectivity index (χ4n) is 2.01. The standard InChI is InChI=1S/C13H17BrClN/c1-2-7-16-13(9-3-4-9)11-6-5-10(14)8-12(11)15/h5-6,8-9,13,16H,2-4,7H2,1H3. The lowest BCUT2D eigenvalue weighted by atomic mass is 10.0. The molecule has 0 aromatic heterocycles. The maximum absolute atomic E-state index is 6.31. The Labute approximate surface area is 111 Å². The van der Waals surface area contributed by atoms with E-state index in [2.05, 4.69) is 40.3 Å². The summed E-state index contributed by atoms with van der Waals surface area (Å²) in [5.74, 6) is 0.783. The monoisotopic (exact) mass is 301 g/mol. The van der Waals surface area contributed by atoms with E-state index >= 15 is 0 Å². The molecular weight excluding hydrogens is 286 g/mol. The van der Waals surface area contributed by atoms with Crippen molar-refractivity contribution in [1.82, 2.24) is 5.32 Å². The molecule has 0 bridgehead atoms. The van der Waals surface area contributed by atoms with Gasteiger partial charge in [-0.2, -0.15) is 0 Å². The first-order chi connectivity index (χ1) is 7.72. The Kier molecular flexibility index (Phi) is 4.28. The Bertz CT molecular complexity index is 363. The highest BCUT2D eigenvalue weighted by Gasteiger charge is 2.32. The summed E-state index contributed by atoms with van der Waals surface area (Å²) in [6.45, 7) is 3.26. The van der Waals surface area contributed by atoms with E-state index in [1.807, 2.05) is 6.07 Å². The summed E-state index contributed by atoms with van der Waals surface area (Å²) >= 11 is 9.75. The van der Waals surface area contributed by atoms with Gasteiger partial charge in [-0.3, -0.25) is 0 Å². The molecule has 0 heterocycles. The van der Waals surface area contributed by atoms with Crippen LogP contribution in [0.25, 0.3) is 0 Å². The fourth-order valence-corrected chi connectivity index (χ4v) is 2.80. The van der Waals surface area contributed by atoms with Gasteiger partial charge in [0.1, 0.15) is 0 Å². The lowest BCUT2D eigenvalue weighted by molar-refractivity contribution is 0.481. The van der Waals surface area contributed by atoms with Crippen molar-refractivity contribution in [3.05, 3.63) is 33.3 Å². The van der Waals surface area contributed by atoms with Crippen molar-refractivity contribution in [2.75, 3.05) is 6.54 Å². The summed E-state index contributed by atoms with van der Waals surface area (Å²) in [5.41, 5.74) is 1.25. The highest BCUT2D eigenvalue weighted by molar-refractivity contribution is 9.10. The van der Waals surface area contributed by atoms with Crippen LogP contribution in [0.1, 0.15) is 37.8 Å². The Morgan fingerprint density at radius 1 is 1.50 bits per heavy atom. The molecule has 1 aromatic carbocycles. The Hall–Kier alpha value is -0.0500. The van der Waals surface area contributed by atoms with Gasteiger partial charge in [0.25, 0.3) is 0 Å². The van der Waals surface area contributed by atoms with Crippen LogP contribution >= 0.6 is 27.5 Å². The van der Waals surface area contributed by atoms with Gasteiger partial charge in [0.2, 0.25) is 0 Å². The quantitative estimate of drug-likeness (QED) is 0.841. The van der Waals surface area contributed by atoms with Gasteiger partial charge in [-0.1, -0.05) is 40.5 Å². The molecule has 1 nitrogen and oxygen atoms in total. The number of benzene rings is 1. The van der Waals surface area contributed by atoms with Crippen molar-refractivity contribution in [3.63, 3.8) is 0 Å². The van der Waals surface area contributed by atoms with Gasteiger partial charge >= 0.3 is 0 Å². The van der Waals surface area contributed by atoms with Crippen LogP contribution in [-0.2, 0) is 0 Å². The second-order valence-corrected chi connectivity index (χ2v) is 5.76. The van der Waals surface area contributed by atoms with E-state index in [0.717, 1.165) is 28.4 Å². The van der Waals surface area contributed by atoms with Crippen molar-refractivity contribution < 1.29 is 0 Å². The second kappa shape index (κ2) is 5.52. The van der Waals surface area contributed by atoms with E-state index in [1.54, 1.807) is 0 Å². The van der Waals surface area contributed by atoms with Gasteiger partial charge in [-0.15, -0.1) is 0 Å². The van der Waals surface area contributed by atoms with Gasteiger partial charge in [0, 0.05) is 15.5 Å². The van der Waals surface area contributed by atoms with Crippen LogP contribution in [0.2, 0.25) is 5.02 Å². The third-order valence-corrected chi connectivity index (χ3v) is 3.83. The van der Waals surface area contributed by atoms with Gasteiger partial charge < -0.3 is 5.32 Å². The molecule has 0 saturated heterocycles. The summed E-state index contributed by atoms with van der Waals surface area (Å²) in [6, 6.07) is 6.64. The number of hydrogen-bond acceptors (Lipinski definition) is 1. The third-order valence-electron chi connectivity index (χ3n) is 3.01. The van der Waals surface area contributed by atoms with Crippen molar-refractivity contribution >= 4 is 27.5 Å². The number of halogens is 2. The first kappa shape index (κ1) is 12.4. The van der Waals surface area contributed by atoms with E-state index < -0.39 is 0 Å². The Morgan fingerprint density at radius 3 is 2.81 bits per heavy atom. The number of rotatable bonds is 5. The zero-order valence-electron chi connectivity index (χ0n) is 9.47. The smallest absolute Gasteiger partial charge is 0.0465 e. The lowest BCUT2D eigenvalue weighted by Crippen LogP contribution is -2.24. The summed E-state index contributed by atoms with van der Waals surface area (Å²) in [4.78, 5) is 0. The molecule has 0 spiro atoms. The van der Waals surface area contributed by atoms with Gasteiger partial charge in [-0.05, 0) is 49.4 Å². The van der Waals surface area contributed by atoms with Crippen LogP contribution in [0.3, 0.4) is 0 Å². The molecule has 3 heteroatoms. The molecule has 2 rings (SSSR count). The average molecular weight is 303 g/mol. The molecule has 16 heavy (non-hydrogen) atoms. The Balaban J connectivity index is 2.17. The molecule has 1 aliphatic carbocycles. The zero-order chi connectivity index (χ0) is 11.5. The minimum atomic E-state index is 0.445. The minimum Gasteiger partial charge on any atom is -0.310 e. The van der Waals surface area contributed by atoms with E-state index in [-0.39, 0.29) is 0 Å². The lowest BCUT2D eigenvalue weighted by Gasteiger charge is -2.19. The predicted molar refractivity (Wildman–Crippen MR) is 72.9 cm³/mol. The van der Waals surface area contributed by atoms with Crippen molar-refractivity contribution in [2.45, 2.75) is 32.2 Å². The third kappa shape index (κ3) is 2.99. The summed E-state index contributed by atoms with van der Waals surface area (Å²) in [7, 11) is 0. The normalized spacial score (nSPS) is 17.4. The van der Waals surface area contributed by atoms with Crippen LogP contribution < -0.4 is 5.32 Å². The highest BCUT2D eigenvalue weighted by Crippen LogP contribution is 2.43. The van der Waals surface area contributed by atoms with Crippen molar-refractivity contribution in [3.8, 4) is 0 Å². The maximum Gasteiger partial charge on any atom is 0.0465 e. The second-order valence-electron chi connectivity index (χ2n) is 4.44. The molecule has 88 valence electrons. The molecule has 1 aromatic rings. The van der Waals surface area contributed by atoms with Crippen molar-refractivity contribution in [1.29, 1.82) is 0 Å². The van der Waals surface area contributed by atoms with Crippen LogP contribution in [0, 0.1) is 5.92 Å². The number of hydrogen-bond donors (Lipinski definition) is 1. The summed E-state index contributed by atoms with van der Waals surface area (Å²) < 4.78 is 1.05. The molecule has 1 saturated carbocycles. The van der Waals surface area contributed by atoms with E-state index in [9.17, 15) is 0 Å². The first-order valence-corrected chi connectivity index (χ1v) is 7.07. The largest absolute Gasteiger partial charge is 0.310 e. The van der Waals surface area contributed by atoms with Gasteiger partial charge in [0.05, 0.1) is 0 Å². The van der Waals surface area contributed by atoms with E-state index in [0.29, 0.717) is 6.04 Å². The SMILES string of the molecule is CCCNC(c1ccc(Br)cc1Cl)C1CC1. The molecule has 1 N–H and O–H groups in total. The topological polar surface area (TPSA) is 12.0 Å². The van der Waals surface area contributed by atoms with Gasteiger partial charge in [0.15, 0.2) is 0 Å². The average Bonchev–Trinajstić information content (AvgIpc) is 3.05. The van der Waals surface area contributed by atoms with E-state index in [1.165, 1.54) is 18.4 Å². The Morgan fingerprint density at radius 2 is 2.25 bits per heavy atom. The zero-order valence-corrected chi connectivity index (χ0v) is 11.8. The van der Waals surface area contributed by atoms with Crippen molar-refractivity contribution in [2.24, 2.45) is 5.92 Å². The van der Waals surface area contributed by atoms with Gasteiger partial charge in [-0.25, -0.2) is 0 Å². The molecule has 0 radical (unpaired) electrons. The first-order valence-electron chi connectivity index (χ1n) is 5.90. The molecule has 1 fully saturated rings. The van der Waals surface area contributed by atoms with Crippen LogP contribution in [0.15, 0.2) is 22.7 Å². The van der Waals surface area contributed by atoms with Crippen LogP contribution in [0.4, 0.5) is 0 Å². The summed E-state index contributed by atoms with van der Waals surface area (Å²) in [6.07, 6.45) is 3.82. The number of nitrogens with one attached hydrogen (secondary N) is 1. The molecule has 1 atom stereocenters. The molecular formula is C13H17BrClN. The molecule has 0 aliphatic heterocycles.